The van der Waals surface area contributed by atoms with E-state index in [-0.39, 0.29) is 5.78 Å². The second kappa shape index (κ2) is 5.39. The summed E-state index contributed by atoms with van der Waals surface area (Å²) in [6.45, 7) is 11.7. The molecule has 0 aromatic rings. The number of allylic oxidation sites excluding steroid dienone is 7. The molecule has 0 heterocycles. The summed E-state index contributed by atoms with van der Waals surface area (Å²) in [7, 11) is 0. The Labute approximate surface area is 102 Å². The van der Waals surface area contributed by atoms with Crippen LogP contribution in [-0.2, 0) is 9.59 Å². The molecule has 0 bridgehead atoms. The van der Waals surface area contributed by atoms with Crippen molar-refractivity contribution in [3.63, 3.8) is 0 Å². The molecule has 0 amide bonds. The van der Waals surface area contributed by atoms with E-state index in [0.717, 1.165) is 24.0 Å². The lowest BCUT2D eigenvalue weighted by atomic mass is 9.78. The molecule has 2 aliphatic carbocycles. The van der Waals surface area contributed by atoms with Crippen LogP contribution in [0.25, 0.3) is 0 Å². The van der Waals surface area contributed by atoms with Crippen LogP contribution in [0.5, 0.6) is 0 Å². The van der Waals surface area contributed by atoms with Gasteiger partial charge in [0.05, 0.1) is 0 Å². The Morgan fingerprint density at radius 3 is 2.47 bits per heavy atom. The molecule has 2 heteroatoms. The van der Waals surface area contributed by atoms with Crippen molar-refractivity contribution < 1.29 is 9.59 Å². The number of rotatable bonds is 0. The fraction of sp³-hybridized carbons (Fsp3) is 0.200. The smallest absolute Gasteiger partial charge is 0.233 e. The Morgan fingerprint density at radius 1 is 1.24 bits per heavy atom. The Hall–Kier alpha value is -1.96. The SMILES string of the molecule is C=C.C=C1C2=C(C=CCC2)C(=O)C(=O)/C1=C/C. The standard InChI is InChI=1S/C13H12O2.C2H4/c1-3-9-8(2)10-6-4-5-7-11(10)13(15)12(9)14;1-2/h3,5,7H,2,4,6H2,1H3;1-2H2/b9-3+;. The molecule has 0 aromatic heterocycles. The zero-order chi connectivity index (χ0) is 13.0. The molecular formula is C15H16O2. The van der Waals surface area contributed by atoms with E-state index in [1.807, 2.05) is 6.08 Å². The number of hydrogen-bond donors (Lipinski definition) is 0. The quantitative estimate of drug-likeness (QED) is 0.363. The van der Waals surface area contributed by atoms with E-state index in [2.05, 4.69) is 19.7 Å². The van der Waals surface area contributed by atoms with Crippen LogP contribution in [0, 0.1) is 0 Å². The van der Waals surface area contributed by atoms with Gasteiger partial charge in [-0.2, -0.15) is 0 Å². The highest BCUT2D eigenvalue weighted by atomic mass is 16.2. The van der Waals surface area contributed by atoms with Gasteiger partial charge in [-0.05, 0) is 30.9 Å². The van der Waals surface area contributed by atoms with Crippen LogP contribution >= 0.6 is 0 Å². The molecule has 2 aliphatic rings. The van der Waals surface area contributed by atoms with Gasteiger partial charge in [0.25, 0.3) is 0 Å². The fourth-order valence-corrected chi connectivity index (χ4v) is 2.04. The summed E-state index contributed by atoms with van der Waals surface area (Å²) in [5.74, 6) is -0.811. The van der Waals surface area contributed by atoms with Crippen molar-refractivity contribution in [2.24, 2.45) is 0 Å². The molecule has 0 aliphatic heterocycles. The van der Waals surface area contributed by atoms with Gasteiger partial charge in [-0.3, -0.25) is 9.59 Å². The highest BCUT2D eigenvalue weighted by Crippen LogP contribution is 2.34. The van der Waals surface area contributed by atoms with Gasteiger partial charge in [-0.15, -0.1) is 13.2 Å². The Morgan fingerprint density at radius 2 is 1.88 bits per heavy atom. The minimum Gasteiger partial charge on any atom is -0.285 e. The minimum atomic E-state index is -0.423. The van der Waals surface area contributed by atoms with Crippen molar-refractivity contribution in [2.45, 2.75) is 19.8 Å². The number of hydrogen-bond acceptors (Lipinski definition) is 2. The summed E-state index contributed by atoms with van der Waals surface area (Å²) in [5.41, 5.74) is 2.67. The summed E-state index contributed by atoms with van der Waals surface area (Å²) in [6.07, 6.45) is 7.07. The minimum absolute atomic E-state index is 0.388. The van der Waals surface area contributed by atoms with Crippen molar-refractivity contribution in [3.8, 4) is 0 Å². The summed E-state index contributed by atoms with van der Waals surface area (Å²) in [5, 5.41) is 0. The molecule has 0 N–H and O–H groups in total. The predicted octanol–water partition coefficient (Wildman–Crippen LogP) is 3.09. The lowest BCUT2D eigenvalue weighted by Gasteiger charge is -2.23. The van der Waals surface area contributed by atoms with E-state index in [0.29, 0.717) is 11.1 Å². The second-order valence-electron chi connectivity index (χ2n) is 3.67. The normalized spacial score (nSPS) is 21.2. The molecule has 0 spiro atoms. The predicted molar refractivity (Wildman–Crippen MR) is 69.6 cm³/mol. The highest BCUT2D eigenvalue weighted by Gasteiger charge is 2.32. The topological polar surface area (TPSA) is 34.1 Å². The van der Waals surface area contributed by atoms with Gasteiger partial charge in [0, 0.05) is 11.1 Å². The third-order valence-corrected chi connectivity index (χ3v) is 2.84. The van der Waals surface area contributed by atoms with E-state index in [4.69, 9.17) is 0 Å². The molecule has 2 nitrogen and oxygen atoms in total. The van der Waals surface area contributed by atoms with Crippen LogP contribution in [0.15, 0.2) is 60.3 Å². The first kappa shape index (κ1) is 13.1. The average Bonchev–Trinajstić information content (AvgIpc) is 2.39. The van der Waals surface area contributed by atoms with Crippen LogP contribution in [0.1, 0.15) is 19.8 Å². The van der Waals surface area contributed by atoms with Crippen LogP contribution in [0.3, 0.4) is 0 Å². The summed E-state index contributed by atoms with van der Waals surface area (Å²) in [6, 6.07) is 0. The third kappa shape index (κ3) is 2.11. The van der Waals surface area contributed by atoms with Crippen LogP contribution in [-0.4, -0.2) is 11.6 Å². The van der Waals surface area contributed by atoms with E-state index < -0.39 is 5.78 Å². The first-order chi connectivity index (χ1) is 8.16. The first-order valence-corrected chi connectivity index (χ1v) is 5.51. The summed E-state index contributed by atoms with van der Waals surface area (Å²) >= 11 is 0. The zero-order valence-electron chi connectivity index (χ0n) is 10.1. The lowest BCUT2D eigenvalue weighted by Crippen LogP contribution is -2.26. The van der Waals surface area contributed by atoms with Crippen molar-refractivity contribution in [1.82, 2.24) is 0 Å². The van der Waals surface area contributed by atoms with E-state index in [1.165, 1.54) is 0 Å². The number of carbonyl (C=O) groups excluding carboxylic acids is 2. The first-order valence-electron chi connectivity index (χ1n) is 5.51. The fourth-order valence-electron chi connectivity index (χ4n) is 2.04. The molecular weight excluding hydrogens is 212 g/mol. The van der Waals surface area contributed by atoms with Crippen LogP contribution in [0.2, 0.25) is 0 Å². The molecule has 88 valence electrons. The van der Waals surface area contributed by atoms with Gasteiger partial charge in [0.1, 0.15) is 0 Å². The van der Waals surface area contributed by atoms with Gasteiger partial charge in [-0.25, -0.2) is 0 Å². The molecule has 0 radical (unpaired) electrons. The molecule has 17 heavy (non-hydrogen) atoms. The Kier molecular flexibility index (Phi) is 4.16. The van der Waals surface area contributed by atoms with Crippen molar-refractivity contribution in [2.75, 3.05) is 0 Å². The van der Waals surface area contributed by atoms with Gasteiger partial charge in [0.15, 0.2) is 0 Å². The highest BCUT2D eigenvalue weighted by molar-refractivity contribution is 6.52. The van der Waals surface area contributed by atoms with Crippen molar-refractivity contribution in [1.29, 1.82) is 0 Å². The maximum absolute atomic E-state index is 11.7. The largest absolute Gasteiger partial charge is 0.285 e. The molecule has 0 atom stereocenters. The van der Waals surface area contributed by atoms with E-state index in [9.17, 15) is 9.59 Å². The van der Waals surface area contributed by atoms with Crippen LogP contribution in [0.4, 0.5) is 0 Å². The van der Waals surface area contributed by atoms with Gasteiger partial charge >= 0.3 is 0 Å². The maximum Gasteiger partial charge on any atom is 0.233 e. The molecule has 0 saturated carbocycles. The Bertz CT molecular complexity index is 473. The third-order valence-electron chi connectivity index (χ3n) is 2.84. The van der Waals surface area contributed by atoms with E-state index in [1.54, 1.807) is 19.1 Å². The number of carbonyl (C=O) groups is 2. The molecule has 0 unspecified atom stereocenters. The number of Topliss-reactive ketones (excluding diaryl/α,β-unsaturated/α-hetero) is 2. The second-order valence-corrected chi connectivity index (χ2v) is 3.67. The van der Waals surface area contributed by atoms with Crippen molar-refractivity contribution in [3.05, 3.63) is 60.3 Å². The zero-order valence-corrected chi connectivity index (χ0v) is 10.1. The van der Waals surface area contributed by atoms with Crippen LogP contribution < -0.4 is 0 Å². The van der Waals surface area contributed by atoms with Gasteiger partial charge in [-0.1, -0.05) is 24.8 Å². The molecule has 0 fully saturated rings. The van der Waals surface area contributed by atoms with Crippen molar-refractivity contribution >= 4 is 11.6 Å². The Balaban J connectivity index is 0.000000686. The number of ketones is 2. The van der Waals surface area contributed by atoms with Gasteiger partial charge in [0.2, 0.25) is 11.6 Å². The average molecular weight is 228 g/mol. The molecule has 0 aromatic carbocycles. The molecule has 0 saturated heterocycles. The molecule has 2 rings (SSSR count). The summed E-state index contributed by atoms with van der Waals surface area (Å²) in [4.78, 5) is 23.4. The maximum atomic E-state index is 11.7. The van der Waals surface area contributed by atoms with Gasteiger partial charge < -0.3 is 0 Å². The van der Waals surface area contributed by atoms with E-state index >= 15 is 0 Å². The lowest BCUT2D eigenvalue weighted by molar-refractivity contribution is -0.132. The monoisotopic (exact) mass is 228 g/mol. The summed E-state index contributed by atoms with van der Waals surface area (Å²) < 4.78 is 0.